The molecule has 0 aromatic carbocycles. The molecule has 2 heterocycles. The van der Waals surface area contributed by atoms with E-state index < -0.39 is 0 Å². The number of carbonyl (C=O) groups excluding carboxylic acids is 1. The van der Waals surface area contributed by atoms with Crippen LogP contribution in [0.4, 0.5) is 0 Å². The Hall–Kier alpha value is -2.02. The van der Waals surface area contributed by atoms with Crippen LogP contribution >= 0.6 is 12.2 Å². The van der Waals surface area contributed by atoms with Crippen molar-refractivity contribution in [2.45, 2.75) is 38.3 Å². The molecule has 0 bridgehead atoms. The smallest absolute Gasteiger partial charge is 0.220 e. The molecule has 1 aliphatic carbocycles. The van der Waals surface area contributed by atoms with Crippen molar-refractivity contribution >= 4 is 18.1 Å². The van der Waals surface area contributed by atoms with Gasteiger partial charge in [0.25, 0.3) is 0 Å². The van der Waals surface area contributed by atoms with Crippen molar-refractivity contribution in [3.8, 4) is 11.5 Å². The summed E-state index contributed by atoms with van der Waals surface area (Å²) in [5.74, 6) is 0.829. The summed E-state index contributed by atoms with van der Waals surface area (Å²) < 4.78 is 2.44. The van der Waals surface area contributed by atoms with E-state index in [0.717, 1.165) is 25.0 Å². The highest BCUT2D eigenvalue weighted by Crippen LogP contribution is 2.19. The average molecular weight is 303 g/mol. The lowest BCUT2D eigenvalue weighted by molar-refractivity contribution is -0.121. The largest absolute Gasteiger partial charge is 0.353 e. The third-order valence-corrected chi connectivity index (χ3v) is 3.69. The Labute approximate surface area is 127 Å². The molecule has 0 atom stereocenters. The monoisotopic (exact) mass is 303 g/mol. The molecule has 2 aromatic rings. The van der Waals surface area contributed by atoms with Crippen molar-refractivity contribution in [2.75, 3.05) is 0 Å². The number of rotatable bonds is 6. The van der Waals surface area contributed by atoms with Gasteiger partial charge >= 0.3 is 0 Å². The van der Waals surface area contributed by atoms with Gasteiger partial charge in [-0.05, 0) is 43.6 Å². The van der Waals surface area contributed by atoms with Crippen molar-refractivity contribution in [1.82, 2.24) is 25.1 Å². The summed E-state index contributed by atoms with van der Waals surface area (Å²) in [4.78, 5) is 16.0. The van der Waals surface area contributed by atoms with Crippen molar-refractivity contribution in [1.29, 1.82) is 0 Å². The van der Waals surface area contributed by atoms with Crippen LogP contribution in [0.25, 0.3) is 11.5 Å². The number of nitrogens with zero attached hydrogens (tertiary/aromatic N) is 3. The number of aromatic amines is 1. The molecule has 1 saturated carbocycles. The summed E-state index contributed by atoms with van der Waals surface area (Å²) in [6, 6.07) is 6.07. The Kier molecular flexibility index (Phi) is 4.10. The summed E-state index contributed by atoms with van der Waals surface area (Å²) in [6.07, 6.45) is 5.18. The van der Waals surface area contributed by atoms with Gasteiger partial charge in [-0.15, -0.1) is 0 Å². The van der Waals surface area contributed by atoms with E-state index in [1.54, 1.807) is 6.20 Å². The number of aromatic nitrogens is 4. The van der Waals surface area contributed by atoms with Gasteiger partial charge in [0.2, 0.25) is 5.91 Å². The normalized spacial score (nSPS) is 14.1. The minimum absolute atomic E-state index is 0.117. The van der Waals surface area contributed by atoms with Crippen LogP contribution in [0, 0.1) is 4.77 Å². The molecule has 0 aliphatic heterocycles. The zero-order valence-corrected chi connectivity index (χ0v) is 12.4. The van der Waals surface area contributed by atoms with Crippen LogP contribution < -0.4 is 5.32 Å². The second-order valence-corrected chi connectivity index (χ2v) is 5.55. The quantitative estimate of drug-likeness (QED) is 0.801. The Morgan fingerprint density at radius 2 is 2.33 bits per heavy atom. The molecule has 6 nitrogen and oxygen atoms in total. The number of hydrogen-bond donors (Lipinski definition) is 2. The fourth-order valence-electron chi connectivity index (χ4n) is 2.14. The molecule has 2 N–H and O–H groups in total. The van der Waals surface area contributed by atoms with Crippen molar-refractivity contribution in [3.05, 3.63) is 29.2 Å². The van der Waals surface area contributed by atoms with E-state index in [9.17, 15) is 4.79 Å². The molecule has 1 aliphatic rings. The summed E-state index contributed by atoms with van der Waals surface area (Å²) in [7, 11) is 0. The molecule has 7 heteroatoms. The molecule has 0 saturated heterocycles. The zero-order valence-electron chi connectivity index (χ0n) is 11.6. The topological polar surface area (TPSA) is 75.6 Å². The lowest BCUT2D eigenvalue weighted by atomic mass is 10.2. The van der Waals surface area contributed by atoms with Gasteiger partial charge in [-0.25, -0.2) is 0 Å². The van der Waals surface area contributed by atoms with Gasteiger partial charge in [0.05, 0.1) is 0 Å². The fraction of sp³-hybridized carbons (Fsp3) is 0.429. The Balaban J connectivity index is 1.63. The first-order chi connectivity index (χ1) is 10.2. The number of hydrogen-bond acceptors (Lipinski definition) is 4. The molecular formula is C14H17N5OS. The Bertz CT molecular complexity index is 674. The van der Waals surface area contributed by atoms with Crippen LogP contribution in [0.15, 0.2) is 24.4 Å². The SMILES string of the molecule is O=C(CCCn1c(-c2ccccn2)n[nH]c1=S)NC1CC1. The van der Waals surface area contributed by atoms with E-state index in [1.165, 1.54) is 0 Å². The zero-order chi connectivity index (χ0) is 14.7. The molecular weight excluding hydrogens is 286 g/mol. The molecule has 0 unspecified atom stereocenters. The summed E-state index contributed by atoms with van der Waals surface area (Å²) in [5, 5.41) is 10.0. The molecule has 3 rings (SSSR count). The maximum atomic E-state index is 11.7. The predicted molar refractivity (Wildman–Crippen MR) is 81.0 cm³/mol. The van der Waals surface area contributed by atoms with E-state index in [-0.39, 0.29) is 5.91 Å². The lowest BCUT2D eigenvalue weighted by Gasteiger charge is -2.06. The Morgan fingerprint density at radius 3 is 3.05 bits per heavy atom. The molecule has 110 valence electrons. The first-order valence-corrected chi connectivity index (χ1v) is 7.51. The number of H-pyrrole nitrogens is 1. The second-order valence-electron chi connectivity index (χ2n) is 5.16. The van der Waals surface area contributed by atoms with Gasteiger partial charge < -0.3 is 5.32 Å². The molecule has 0 spiro atoms. The van der Waals surface area contributed by atoms with Crippen LogP contribution in [0.1, 0.15) is 25.7 Å². The number of carbonyl (C=O) groups is 1. The second kappa shape index (κ2) is 6.17. The minimum atomic E-state index is 0.117. The van der Waals surface area contributed by atoms with Gasteiger partial charge in [0.1, 0.15) is 5.69 Å². The minimum Gasteiger partial charge on any atom is -0.353 e. The van der Waals surface area contributed by atoms with E-state index in [4.69, 9.17) is 12.2 Å². The first-order valence-electron chi connectivity index (χ1n) is 7.10. The standard InChI is InChI=1S/C14H17N5OS/c20-12(16-10-6-7-10)5-3-9-19-13(17-18-14(19)21)11-4-1-2-8-15-11/h1-2,4,8,10H,3,5-7,9H2,(H,16,20)(H,18,21). The van der Waals surface area contributed by atoms with E-state index in [0.29, 0.717) is 29.6 Å². The highest BCUT2D eigenvalue weighted by atomic mass is 32.1. The molecule has 1 fully saturated rings. The number of nitrogens with one attached hydrogen (secondary N) is 2. The fourth-order valence-corrected chi connectivity index (χ4v) is 2.36. The van der Waals surface area contributed by atoms with Gasteiger partial charge in [-0.2, -0.15) is 5.10 Å². The molecule has 1 amide bonds. The summed E-state index contributed by atoms with van der Waals surface area (Å²) >= 11 is 5.25. The van der Waals surface area contributed by atoms with Crippen molar-refractivity contribution in [3.63, 3.8) is 0 Å². The molecule has 21 heavy (non-hydrogen) atoms. The maximum Gasteiger partial charge on any atom is 0.220 e. The predicted octanol–water partition coefficient (Wildman–Crippen LogP) is 2.06. The Morgan fingerprint density at radius 1 is 1.48 bits per heavy atom. The highest BCUT2D eigenvalue weighted by molar-refractivity contribution is 7.71. The van der Waals surface area contributed by atoms with Crippen LogP contribution in [-0.4, -0.2) is 31.7 Å². The summed E-state index contributed by atoms with van der Waals surface area (Å²) in [5.41, 5.74) is 0.771. The van der Waals surface area contributed by atoms with Gasteiger partial charge in [-0.3, -0.25) is 19.4 Å². The third kappa shape index (κ3) is 3.55. The van der Waals surface area contributed by atoms with Gasteiger partial charge in [-0.1, -0.05) is 6.07 Å². The van der Waals surface area contributed by atoms with Crippen molar-refractivity contribution < 1.29 is 4.79 Å². The first kappa shape index (κ1) is 13.9. The van der Waals surface area contributed by atoms with Crippen LogP contribution in [0.2, 0.25) is 0 Å². The molecule has 2 aromatic heterocycles. The number of amides is 1. The van der Waals surface area contributed by atoms with Crippen LogP contribution in [-0.2, 0) is 11.3 Å². The highest BCUT2D eigenvalue weighted by Gasteiger charge is 2.22. The molecule has 0 radical (unpaired) electrons. The summed E-state index contributed by atoms with van der Waals surface area (Å²) in [6.45, 7) is 0.652. The number of pyridine rings is 1. The van der Waals surface area contributed by atoms with E-state index >= 15 is 0 Å². The third-order valence-electron chi connectivity index (χ3n) is 3.38. The lowest BCUT2D eigenvalue weighted by Crippen LogP contribution is -2.25. The average Bonchev–Trinajstić information content (AvgIpc) is 3.23. The maximum absolute atomic E-state index is 11.7. The van der Waals surface area contributed by atoms with Gasteiger partial charge in [0, 0.05) is 25.2 Å². The van der Waals surface area contributed by atoms with Gasteiger partial charge in [0.15, 0.2) is 10.6 Å². The van der Waals surface area contributed by atoms with E-state index in [2.05, 4.69) is 20.5 Å². The van der Waals surface area contributed by atoms with Crippen molar-refractivity contribution in [2.24, 2.45) is 0 Å². The van der Waals surface area contributed by atoms with E-state index in [1.807, 2.05) is 22.8 Å². The van der Waals surface area contributed by atoms with Crippen LogP contribution in [0.3, 0.4) is 0 Å². The van der Waals surface area contributed by atoms with Crippen LogP contribution in [0.5, 0.6) is 0 Å².